The Labute approximate surface area is 148 Å². The second-order valence-corrected chi connectivity index (χ2v) is 7.12. The number of para-hydroxylation sites is 2. The number of aryl methyl sites for hydroxylation is 2. The summed E-state index contributed by atoms with van der Waals surface area (Å²) in [6.45, 7) is 9.21. The number of nitrogens with zero attached hydrogens (tertiary/aromatic N) is 5. The van der Waals surface area contributed by atoms with Crippen molar-refractivity contribution in [3.8, 4) is 0 Å². The SMILES string of the molecule is CCn1c(CNC2CCc3nnc(C(C)C)n3C2)nc2ccccc21. The predicted molar refractivity (Wildman–Crippen MR) is 98.5 cm³/mol. The third kappa shape index (κ3) is 2.95. The van der Waals surface area contributed by atoms with Crippen LogP contribution in [-0.4, -0.2) is 30.4 Å². The van der Waals surface area contributed by atoms with Crippen molar-refractivity contribution in [2.24, 2.45) is 0 Å². The molecule has 1 atom stereocenters. The van der Waals surface area contributed by atoms with Crippen molar-refractivity contribution >= 4 is 11.0 Å². The van der Waals surface area contributed by atoms with E-state index in [0.29, 0.717) is 12.0 Å². The van der Waals surface area contributed by atoms with Gasteiger partial charge in [0.05, 0.1) is 17.6 Å². The minimum absolute atomic E-state index is 0.407. The van der Waals surface area contributed by atoms with E-state index in [1.165, 1.54) is 5.52 Å². The lowest BCUT2D eigenvalue weighted by atomic mass is 10.1. The van der Waals surface area contributed by atoms with Crippen LogP contribution in [0.3, 0.4) is 0 Å². The third-order valence-corrected chi connectivity index (χ3v) is 5.09. The van der Waals surface area contributed by atoms with Gasteiger partial charge in [0.25, 0.3) is 0 Å². The number of benzene rings is 1. The highest BCUT2D eigenvalue weighted by Crippen LogP contribution is 2.21. The molecule has 1 unspecified atom stereocenters. The lowest BCUT2D eigenvalue weighted by molar-refractivity contribution is 0.365. The zero-order chi connectivity index (χ0) is 17.4. The van der Waals surface area contributed by atoms with Crippen molar-refractivity contribution in [3.05, 3.63) is 41.7 Å². The summed E-state index contributed by atoms with van der Waals surface area (Å²) in [5.74, 6) is 3.75. The molecule has 1 aliphatic rings. The second kappa shape index (κ2) is 6.59. The molecule has 0 aliphatic carbocycles. The Hall–Kier alpha value is -2.21. The van der Waals surface area contributed by atoms with Gasteiger partial charge >= 0.3 is 0 Å². The summed E-state index contributed by atoms with van der Waals surface area (Å²) in [7, 11) is 0. The molecule has 0 saturated heterocycles. The average Bonchev–Trinajstić information content (AvgIpc) is 3.20. The van der Waals surface area contributed by atoms with Crippen LogP contribution in [0, 0.1) is 0 Å². The van der Waals surface area contributed by atoms with Gasteiger partial charge in [-0.2, -0.15) is 0 Å². The van der Waals surface area contributed by atoms with E-state index >= 15 is 0 Å². The van der Waals surface area contributed by atoms with Gasteiger partial charge in [0.1, 0.15) is 17.5 Å². The molecule has 0 radical (unpaired) electrons. The van der Waals surface area contributed by atoms with Crippen molar-refractivity contribution in [2.45, 2.75) is 65.2 Å². The summed E-state index contributed by atoms with van der Waals surface area (Å²) in [5, 5.41) is 12.4. The summed E-state index contributed by atoms with van der Waals surface area (Å²) in [5.41, 5.74) is 2.29. The Kier molecular flexibility index (Phi) is 4.29. The quantitative estimate of drug-likeness (QED) is 0.777. The molecular formula is C19H26N6. The zero-order valence-corrected chi connectivity index (χ0v) is 15.2. The van der Waals surface area contributed by atoms with E-state index in [1.807, 2.05) is 0 Å². The van der Waals surface area contributed by atoms with Crippen LogP contribution in [-0.2, 0) is 26.1 Å². The fraction of sp³-hybridized carbons (Fsp3) is 0.526. The number of hydrogen-bond donors (Lipinski definition) is 1. The molecule has 1 N–H and O–H groups in total. The lowest BCUT2D eigenvalue weighted by Crippen LogP contribution is -2.38. The maximum absolute atomic E-state index is 4.82. The number of nitrogens with one attached hydrogen (secondary N) is 1. The number of rotatable bonds is 5. The fourth-order valence-electron chi connectivity index (χ4n) is 3.79. The Bertz CT molecular complexity index is 875. The number of aromatic nitrogens is 5. The predicted octanol–water partition coefficient (Wildman–Crippen LogP) is 2.88. The molecular weight excluding hydrogens is 312 g/mol. The monoisotopic (exact) mass is 338 g/mol. The molecule has 0 fully saturated rings. The summed E-state index contributed by atoms with van der Waals surface area (Å²) >= 11 is 0. The highest BCUT2D eigenvalue weighted by molar-refractivity contribution is 5.75. The molecule has 6 nitrogen and oxygen atoms in total. The number of fused-ring (bicyclic) bond motifs is 2. The number of imidazole rings is 1. The van der Waals surface area contributed by atoms with Crippen molar-refractivity contribution in [2.75, 3.05) is 0 Å². The van der Waals surface area contributed by atoms with Crippen LogP contribution >= 0.6 is 0 Å². The van der Waals surface area contributed by atoms with Gasteiger partial charge in [-0.25, -0.2) is 4.98 Å². The molecule has 132 valence electrons. The van der Waals surface area contributed by atoms with Gasteiger partial charge in [-0.3, -0.25) is 0 Å². The van der Waals surface area contributed by atoms with E-state index in [0.717, 1.165) is 55.5 Å². The van der Waals surface area contributed by atoms with Gasteiger partial charge in [-0.15, -0.1) is 10.2 Å². The van der Waals surface area contributed by atoms with Crippen LogP contribution in [0.5, 0.6) is 0 Å². The highest BCUT2D eigenvalue weighted by atomic mass is 15.3. The Balaban J connectivity index is 1.50. The van der Waals surface area contributed by atoms with E-state index < -0.39 is 0 Å². The summed E-state index contributed by atoms with van der Waals surface area (Å²) in [6, 6.07) is 8.80. The van der Waals surface area contributed by atoms with Crippen LogP contribution in [0.1, 0.15) is 50.6 Å². The Morgan fingerprint density at radius 3 is 2.88 bits per heavy atom. The van der Waals surface area contributed by atoms with Crippen LogP contribution in [0.2, 0.25) is 0 Å². The molecule has 4 rings (SSSR count). The topological polar surface area (TPSA) is 60.6 Å². The molecule has 25 heavy (non-hydrogen) atoms. The van der Waals surface area contributed by atoms with Crippen LogP contribution in [0.4, 0.5) is 0 Å². The summed E-state index contributed by atoms with van der Waals surface area (Å²) in [6.07, 6.45) is 2.09. The first-order valence-corrected chi connectivity index (χ1v) is 9.26. The molecule has 1 aliphatic heterocycles. The maximum atomic E-state index is 4.82. The minimum atomic E-state index is 0.407. The van der Waals surface area contributed by atoms with Gasteiger partial charge in [-0.1, -0.05) is 26.0 Å². The standard InChI is InChI=1S/C19H26N6/c1-4-24-16-8-6-5-7-15(16)21-18(24)11-20-14-9-10-17-22-23-19(13(2)3)25(17)12-14/h5-8,13-14,20H,4,9-12H2,1-3H3. The normalized spacial score (nSPS) is 17.4. The van der Waals surface area contributed by atoms with Crippen LogP contribution < -0.4 is 5.32 Å². The molecule has 3 heterocycles. The van der Waals surface area contributed by atoms with E-state index in [4.69, 9.17) is 4.98 Å². The van der Waals surface area contributed by atoms with Crippen LogP contribution in [0.25, 0.3) is 11.0 Å². The molecule has 6 heteroatoms. The van der Waals surface area contributed by atoms with Crippen molar-refractivity contribution in [3.63, 3.8) is 0 Å². The third-order valence-electron chi connectivity index (χ3n) is 5.09. The van der Waals surface area contributed by atoms with Crippen molar-refractivity contribution < 1.29 is 0 Å². The van der Waals surface area contributed by atoms with Gasteiger partial charge < -0.3 is 14.5 Å². The van der Waals surface area contributed by atoms with Crippen LogP contribution in [0.15, 0.2) is 24.3 Å². The summed E-state index contributed by atoms with van der Waals surface area (Å²) < 4.78 is 4.60. The first-order valence-electron chi connectivity index (χ1n) is 9.26. The highest BCUT2D eigenvalue weighted by Gasteiger charge is 2.24. The van der Waals surface area contributed by atoms with Gasteiger partial charge in [0, 0.05) is 31.5 Å². The van der Waals surface area contributed by atoms with Crippen molar-refractivity contribution in [1.29, 1.82) is 0 Å². The van der Waals surface area contributed by atoms with Gasteiger partial charge in [0.2, 0.25) is 0 Å². The zero-order valence-electron chi connectivity index (χ0n) is 15.2. The molecule has 3 aromatic rings. The summed E-state index contributed by atoms with van der Waals surface area (Å²) in [4.78, 5) is 4.82. The van der Waals surface area contributed by atoms with E-state index in [1.54, 1.807) is 0 Å². The van der Waals surface area contributed by atoms with E-state index in [-0.39, 0.29) is 0 Å². The first-order chi connectivity index (χ1) is 12.2. The molecule has 0 saturated carbocycles. The molecule has 0 spiro atoms. The van der Waals surface area contributed by atoms with E-state index in [9.17, 15) is 0 Å². The molecule has 2 aromatic heterocycles. The molecule has 1 aromatic carbocycles. The smallest absolute Gasteiger partial charge is 0.135 e. The second-order valence-electron chi connectivity index (χ2n) is 7.12. The largest absolute Gasteiger partial charge is 0.327 e. The number of hydrogen-bond acceptors (Lipinski definition) is 4. The fourth-order valence-corrected chi connectivity index (χ4v) is 3.79. The Morgan fingerprint density at radius 2 is 2.08 bits per heavy atom. The van der Waals surface area contributed by atoms with Gasteiger partial charge in [0.15, 0.2) is 0 Å². The van der Waals surface area contributed by atoms with Crippen molar-refractivity contribution in [1.82, 2.24) is 29.6 Å². The minimum Gasteiger partial charge on any atom is -0.327 e. The van der Waals surface area contributed by atoms with E-state index in [2.05, 4.69) is 69.7 Å². The lowest BCUT2D eigenvalue weighted by Gasteiger charge is -2.26. The Morgan fingerprint density at radius 1 is 1.24 bits per heavy atom. The first kappa shape index (κ1) is 16.3. The van der Waals surface area contributed by atoms with Gasteiger partial charge in [-0.05, 0) is 25.5 Å². The molecule has 0 amide bonds. The maximum Gasteiger partial charge on any atom is 0.135 e. The molecule has 0 bridgehead atoms. The average molecular weight is 338 g/mol.